The molecule has 0 aliphatic heterocycles. The number of benzene rings is 1. The van der Waals surface area contributed by atoms with Crippen LogP contribution in [0.5, 0.6) is 0 Å². The minimum Gasteiger partial charge on any atom is -0.481 e. The van der Waals surface area contributed by atoms with E-state index in [1.54, 1.807) is 11.7 Å². The van der Waals surface area contributed by atoms with Crippen molar-refractivity contribution >= 4 is 35.1 Å². The first kappa shape index (κ1) is 27.1. The molecule has 0 radical (unpaired) electrons. The predicted octanol–water partition coefficient (Wildman–Crippen LogP) is 4.83. The van der Waals surface area contributed by atoms with Gasteiger partial charge in [0, 0.05) is 25.2 Å². The van der Waals surface area contributed by atoms with E-state index in [1.165, 1.54) is 0 Å². The molecule has 188 valence electrons. The first-order valence-electron chi connectivity index (χ1n) is 11.7. The van der Waals surface area contributed by atoms with Crippen LogP contribution < -0.4 is 5.32 Å². The summed E-state index contributed by atoms with van der Waals surface area (Å²) in [6.45, 7) is 4.55. The Bertz CT molecular complexity index is 1110. The number of aliphatic carboxylic acids is 1. The van der Waals surface area contributed by atoms with E-state index in [4.69, 9.17) is 27.9 Å². The van der Waals surface area contributed by atoms with Gasteiger partial charge in [-0.3, -0.25) is 9.59 Å². The molecule has 1 amide bonds. The number of amides is 1. The number of ether oxygens (including phenoxy) is 1. The maximum atomic E-state index is 13.3. The molecule has 0 spiro atoms. The third-order valence-electron chi connectivity index (χ3n) is 6.41. The minimum absolute atomic E-state index is 0.186. The molecule has 2 aromatic rings. The molecule has 1 aliphatic rings. The summed E-state index contributed by atoms with van der Waals surface area (Å²) in [5, 5.41) is 13.1. The van der Waals surface area contributed by atoms with E-state index in [1.807, 2.05) is 38.1 Å². The van der Waals surface area contributed by atoms with Gasteiger partial charge in [0.15, 0.2) is 0 Å². The number of carboxylic acid groups (broad SMARTS) is 1. The van der Waals surface area contributed by atoms with Crippen LogP contribution in [-0.2, 0) is 22.5 Å². The average molecular weight is 520 g/mol. The predicted molar refractivity (Wildman–Crippen MR) is 136 cm³/mol. The number of methoxy groups -OCH3 is 1. The molecule has 1 fully saturated rings. The van der Waals surface area contributed by atoms with Crippen molar-refractivity contribution in [3.8, 4) is 11.8 Å². The maximum absolute atomic E-state index is 13.3. The highest BCUT2D eigenvalue weighted by Crippen LogP contribution is 2.28. The summed E-state index contributed by atoms with van der Waals surface area (Å²) in [5.41, 5.74) is 0.940. The van der Waals surface area contributed by atoms with E-state index in [0.29, 0.717) is 48.8 Å². The van der Waals surface area contributed by atoms with Gasteiger partial charge in [-0.2, -0.15) is 0 Å². The molecule has 2 N–H and O–H groups in total. The Morgan fingerprint density at radius 3 is 2.46 bits per heavy atom. The summed E-state index contributed by atoms with van der Waals surface area (Å²) in [7, 11) is 1.57. The second-order valence-electron chi connectivity index (χ2n) is 9.34. The second kappa shape index (κ2) is 11.9. The SMILES string of the molecule is COC(C)(C)C#Cc1nc(Cl)n(CCc2ccc(Cl)cc2)c1C(=O)NC[C@H]1CC[C@H](C(=O)O)CC1. The minimum atomic E-state index is -0.742. The molecule has 9 heteroatoms. The van der Waals surface area contributed by atoms with Crippen LogP contribution in [0.15, 0.2) is 24.3 Å². The van der Waals surface area contributed by atoms with Gasteiger partial charge < -0.3 is 19.7 Å². The summed E-state index contributed by atoms with van der Waals surface area (Å²) in [6, 6.07) is 7.51. The molecule has 1 saturated carbocycles. The van der Waals surface area contributed by atoms with Crippen LogP contribution in [-0.4, -0.2) is 45.8 Å². The summed E-state index contributed by atoms with van der Waals surface area (Å²) in [5.74, 6) is 4.87. The van der Waals surface area contributed by atoms with E-state index in [0.717, 1.165) is 18.4 Å². The van der Waals surface area contributed by atoms with Crippen molar-refractivity contribution in [2.24, 2.45) is 11.8 Å². The number of nitrogens with zero attached hydrogens (tertiary/aromatic N) is 2. The van der Waals surface area contributed by atoms with E-state index < -0.39 is 11.6 Å². The van der Waals surface area contributed by atoms with Gasteiger partial charge in [0.2, 0.25) is 5.28 Å². The Morgan fingerprint density at radius 1 is 1.20 bits per heavy atom. The lowest BCUT2D eigenvalue weighted by Gasteiger charge is -2.26. The summed E-state index contributed by atoms with van der Waals surface area (Å²) < 4.78 is 7.05. The molecular weight excluding hydrogens is 489 g/mol. The molecule has 1 heterocycles. The van der Waals surface area contributed by atoms with E-state index in [-0.39, 0.29) is 23.0 Å². The molecule has 35 heavy (non-hydrogen) atoms. The largest absolute Gasteiger partial charge is 0.481 e. The number of hydrogen-bond acceptors (Lipinski definition) is 4. The van der Waals surface area contributed by atoms with Gasteiger partial charge in [-0.25, -0.2) is 4.98 Å². The van der Waals surface area contributed by atoms with Crippen molar-refractivity contribution in [1.82, 2.24) is 14.9 Å². The average Bonchev–Trinajstić information content (AvgIpc) is 3.16. The molecule has 0 saturated heterocycles. The van der Waals surface area contributed by atoms with E-state index in [2.05, 4.69) is 22.1 Å². The Kier molecular flexibility index (Phi) is 9.23. The lowest BCUT2D eigenvalue weighted by molar-refractivity contribution is -0.143. The quantitative estimate of drug-likeness (QED) is 0.487. The summed E-state index contributed by atoms with van der Waals surface area (Å²) in [4.78, 5) is 28.9. The van der Waals surface area contributed by atoms with Crippen molar-refractivity contribution in [2.45, 2.75) is 58.1 Å². The second-order valence-corrected chi connectivity index (χ2v) is 10.1. The normalized spacial score (nSPS) is 18.0. The fraction of sp³-hybridized carbons (Fsp3) is 0.500. The lowest BCUT2D eigenvalue weighted by Crippen LogP contribution is -2.34. The Labute approximate surface area is 216 Å². The Balaban J connectivity index is 1.79. The third kappa shape index (κ3) is 7.47. The molecule has 1 aromatic carbocycles. The monoisotopic (exact) mass is 519 g/mol. The number of carboxylic acids is 1. The number of imidazole rings is 1. The number of rotatable bonds is 8. The highest BCUT2D eigenvalue weighted by Gasteiger charge is 2.27. The summed E-state index contributed by atoms with van der Waals surface area (Å²) in [6.07, 6.45) is 3.42. The number of carbonyl (C=O) groups excluding carboxylic acids is 1. The molecule has 1 aliphatic carbocycles. The van der Waals surface area contributed by atoms with E-state index in [9.17, 15) is 14.7 Å². The maximum Gasteiger partial charge on any atom is 0.306 e. The van der Waals surface area contributed by atoms with Gasteiger partial charge in [-0.15, -0.1) is 0 Å². The Hall–Kier alpha value is -2.53. The van der Waals surface area contributed by atoms with Crippen molar-refractivity contribution < 1.29 is 19.4 Å². The van der Waals surface area contributed by atoms with Gasteiger partial charge in [0.05, 0.1) is 5.92 Å². The van der Waals surface area contributed by atoms with Gasteiger partial charge >= 0.3 is 5.97 Å². The number of hydrogen-bond donors (Lipinski definition) is 2. The fourth-order valence-corrected chi connectivity index (χ4v) is 4.41. The summed E-state index contributed by atoms with van der Waals surface area (Å²) >= 11 is 12.4. The number of aryl methyl sites for hydroxylation is 1. The number of aromatic nitrogens is 2. The van der Waals surface area contributed by atoms with Crippen LogP contribution in [0, 0.1) is 23.7 Å². The van der Waals surface area contributed by atoms with Crippen LogP contribution >= 0.6 is 23.2 Å². The van der Waals surface area contributed by atoms with Gasteiger partial charge in [-0.1, -0.05) is 29.7 Å². The van der Waals surface area contributed by atoms with Crippen LogP contribution in [0.25, 0.3) is 0 Å². The van der Waals surface area contributed by atoms with Gasteiger partial charge in [-0.05, 0) is 87.1 Å². The molecular formula is C26H31Cl2N3O4. The van der Waals surface area contributed by atoms with Crippen molar-refractivity contribution in [3.05, 3.63) is 51.5 Å². The molecule has 1 aromatic heterocycles. The highest BCUT2D eigenvalue weighted by molar-refractivity contribution is 6.30. The number of nitrogens with one attached hydrogen (secondary N) is 1. The molecule has 0 bridgehead atoms. The number of carbonyl (C=O) groups is 2. The van der Waals surface area contributed by atoms with Crippen molar-refractivity contribution in [1.29, 1.82) is 0 Å². The topological polar surface area (TPSA) is 93.5 Å². The van der Waals surface area contributed by atoms with Gasteiger partial charge in [0.1, 0.15) is 17.0 Å². The first-order chi connectivity index (χ1) is 16.6. The standard InChI is InChI=1S/C26H31Cl2N3O4/c1-26(2,35-3)14-12-21-22(23(32)29-16-18-4-8-19(9-5-18)24(33)34)31(25(28)30-21)15-13-17-6-10-20(27)11-7-17/h6-7,10-11,18-19H,4-5,8-9,13,15-16H2,1-3H3,(H,29,32)(H,33,34)/t18-,19-. The van der Waals surface area contributed by atoms with Crippen molar-refractivity contribution in [2.75, 3.05) is 13.7 Å². The highest BCUT2D eigenvalue weighted by atomic mass is 35.5. The van der Waals surface area contributed by atoms with Crippen molar-refractivity contribution in [3.63, 3.8) is 0 Å². The molecule has 0 unspecified atom stereocenters. The molecule has 7 nitrogen and oxygen atoms in total. The van der Waals surface area contributed by atoms with Crippen LogP contribution in [0.4, 0.5) is 0 Å². The smallest absolute Gasteiger partial charge is 0.306 e. The zero-order valence-corrected chi connectivity index (χ0v) is 21.7. The van der Waals surface area contributed by atoms with Crippen LogP contribution in [0.2, 0.25) is 10.3 Å². The van der Waals surface area contributed by atoms with Gasteiger partial charge in [0.25, 0.3) is 5.91 Å². The van der Waals surface area contributed by atoms with E-state index >= 15 is 0 Å². The third-order valence-corrected chi connectivity index (χ3v) is 6.95. The van der Waals surface area contributed by atoms with Crippen LogP contribution in [0.1, 0.15) is 61.3 Å². The Morgan fingerprint density at radius 2 is 1.86 bits per heavy atom. The first-order valence-corrected chi connectivity index (χ1v) is 12.4. The molecule has 0 atom stereocenters. The van der Waals surface area contributed by atoms with Crippen LogP contribution in [0.3, 0.4) is 0 Å². The zero-order valence-electron chi connectivity index (χ0n) is 20.2. The lowest BCUT2D eigenvalue weighted by atomic mass is 9.82. The fourth-order valence-electron chi connectivity index (χ4n) is 4.03. The molecule has 3 rings (SSSR count). The zero-order chi connectivity index (χ0) is 25.6. The number of halogens is 2.